The number of sulfonamides is 1. The molecule has 2 rings (SSSR count). The molecule has 0 spiro atoms. The van der Waals surface area contributed by atoms with E-state index in [2.05, 4.69) is 5.32 Å². The molecule has 140 valence electrons. The number of nitrogens with one attached hydrogen (secondary N) is 1. The van der Waals surface area contributed by atoms with Crippen LogP contribution >= 0.6 is 0 Å². The summed E-state index contributed by atoms with van der Waals surface area (Å²) in [7, 11) is -2.38. The number of carboxylic acid groups (broad SMARTS) is 1. The molecule has 2 aromatic rings. The molecule has 8 nitrogen and oxygen atoms in total. The van der Waals surface area contributed by atoms with Crippen molar-refractivity contribution >= 4 is 21.9 Å². The molecule has 0 saturated heterocycles. The number of amides is 1. The van der Waals surface area contributed by atoms with Gasteiger partial charge in [0.15, 0.2) is 0 Å². The minimum atomic E-state index is -3.92. The number of rotatable bonds is 8. The number of hydrogen-bond acceptors (Lipinski definition) is 4. The van der Waals surface area contributed by atoms with Gasteiger partial charge in [-0.2, -0.15) is 0 Å². The number of nitrogens with zero attached hydrogens (tertiary/aromatic N) is 1. The summed E-state index contributed by atoms with van der Waals surface area (Å²) in [5.74, 6) is -1.44. The predicted octanol–water partition coefficient (Wildman–Crippen LogP) is 0.878. The van der Waals surface area contributed by atoms with E-state index >= 15 is 0 Å². The van der Waals surface area contributed by atoms with Gasteiger partial charge in [-0.1, -0.05) is 30.3 Å². The van der Waals surface area contributed by atoms with Crippen molar-refractivity contribution in [2.24, 2.45) is 12.2 Å². The molecular weight excluding hydrogens is 358 g/mol. The molecule has 26 heavy (non-hydrogen) atoms. The van der Waals surface area contributed by atoms with Gasteiger partial charge in [0.05, 0.1) is 0 Å². The highest BCUT2D eigenvalue weighted by molar-refractivity contribution is 7.89. The number of nitrogens with two attached hydrogens (primary N) is 1. The average Bonchev–Trinajstić information content (AvgIpc) is 2.96. The van der Waals surface area contributed by atoms with Crippen molar-refractivity contribution in [1.82, 2.24) is 9.88 Å². The minimum absolute atomic E-state index is 0.0899. The molecule has 9 heteroatoms. The number of aliphatic carboxylic acids is 1. The predicted molar refractivity (Wildman–Crippen MR) is 95.1 cm³/mol. The third-order valence-corrected chi connectivity index (χ3v) is 4.79. The van der Waals surface area contributed by atoms with E-state index in [4.69, 9.17) is 10.2 Å². The van der Waals surface area contributed by atoms with Crippen molar-refractivity contribution in [3.05, 3.63) is 53.9 Å². The first-order chi connectivity index (χ1) is 12.2. The lowest BCUT2D eigenvalue weighted by molar-refractivity contribution is -0.137. The molecule has 0 aliphatic carbocycles. The second-order valence-corrected chi connectivity index (χ2v) is 7.57. The van der Waals surface area contributed by atoms with Gasteiger partial charge in [-0.25, -0.2) is 13.6 Å². The van der Waals surface area contributed by atoms with Gasteiger partial charge in [0.2, 0.25) is 10.0 Å². The zero-order chi connectivity index (χ0) is 19.3. The first-order valence-corrected chi connectivity index (χ1v) is 9.47. The molecule has 1 aromatic heterocycles. The van der Waals surface area contributed by atoms with Gasteiger partial charge in [-0.05, 0) is 24.5 Å². The van der Waals surface area contributed by atoms with Gasteiger partial charge in [0.25, 0.3) is 5.91 Å². The Morgan fingerprint density at radius 1 is 1.27 bits per heavy atom. The number of aromatic nitrogens is 1. The van der Waals surface area contributed by atoms with Gasteiger partial charge in [-0.15, -0.1) is 0 Å². The summed E-state index contributed by atoms with van der Waals surface area (Å²) >= 11 is 0. The maximum Gasteiger partial charge on any atom is 0.303 e. The minimum Gasteiger partial charge on any atom is -0.481 e. The summed E-state index contributed by atoms with van der Waals surface area (Å²) in [5.41, 5.74) is 1.09. The Hall–Kier alpha value is -2.65. The molecule has 1 heterocycles. The van der Waals surface area contributed by atoms with Gasteiger partial charge >= 0.3 is 5.97 Å². The quantitative estimate of drug-likeness (QED) is 0.626. The molecule has 1 atom stereocenters. The van der Waals surface area contributed by atoms with E-state index in [0.29, 0.717) is 6.42 Å². The van der Waals surface area contributed by atoms with E-state index < -0.39 is 27.9 Å². The van der Waals surface area contributed by atoms with Crippen LogP contribution in [0.2, 0.25) is 0 Å². The fourth-order valence-corrected chi connectivity index (χ4v) is 3.18. The van der Waals surface area contributed by atoms with Crippen LogP contribution in [0.15, 0.2) is 47.5 Å². The zero-order valence-corrected chi connectivity index (χ0v) is 15.1. The van der Waals surface area contributed by atoms with E-state index in [0.717, 1.165) is 5.56 Å². The number of carbonyl (C=O) groups excluding carboxylic acids is 1. The number of hydrogen-bond donors (Lipinski definition) is 3. The summed E-state index contributed by atoms with van der Waals surface area (Å²) in [6, 6.07) is 10.2. The van der Waals surface area contributed by atoms with Crippen molar-refractivity contribution < 1.29 is 23.1 Å². The third-order valence-electron chi connectivity index (χ3n) is 3.91. The van der Waals surface area contributed by atoms with E-state index in [1.165, 1.54) is 23.9 Å². The van der Waals surface area contributed by atoms with Crippen molar-refractivity contribution in [1.29, 1.82) is 0 Å². The topological polar surface area (TPSA) is 131 Å². The summed E-state index contributed by atoms with van der Waals surface area (Å²) < 4.78 is 24.2. The summed E-state index contributed by atoms with van der Waals surface area (Å²) in [6.45, 7) is 0. The molecule has 0 saturated carbocycles. The number of benzene rings is 1. The number of aryl methyl sites for hydroxylation is 1. The van der Waals surface area contributed by atoms with E-state index in [1.54, 1.807) is 0 Å². The highest BCUT2D eigenvalue weighted by Gasteiger charge is 2.20. The molecular formula is C17H21N3O5S. The average molecular weight is 379 g/mol. The fraction of sp³-hybridized carbons (Fsp3) is 0.294. The van der Waals surface area contributed by atoms with Gasteiger partial charge < -0.3 is 15.0 Å². The normalized spacial score (nSPS) is 12.5. The summed E-state index contributed by atoms with van der Waals surface area (Å²) in [6.07, 6.45) is 1.88. The van der Waals surface area contributed by atoms with Gasteiger partial charge in [-0.3, -0.25) is 9.59 Å². The molecule has 4 N–H and O–H groups in total. The molecule has 1 amide bonds. The SMILES string of the molecule is Cn1cc(S(N)(=O)=O)cc1C(=O)NC(CCC(=O)O)Cc1ccccc1. The lowest BCUT2D eigenvalue weighted by atomic mass is 10.0. The number of primary sulfonamides is 1. The van der Waals surface area contributed by atoms with Gasteiger partial charge in [0, 0.05) is 25.7 Å². The van der Waals surface area contributed by atoms with Crippen LogP contribution in [0.5, 0.6) is 0 Å². The molecule has 1 aromatic carbocycles. The Labute approximate surface area is 151 Å². The standard InChI is InChI=1S/C17H21N3O5S/c1-20-11-14(26(18,24)25)10-15(20)17(23)19-13(7-8-16(21)22)9-12-5-3-2-4-6-12/h2-6,10-11,13H,7-9H2,1H3,(H,19,23)(H,21,22)(H2,18,24,25). The Balaban J connectivity index is 2.17. The van der Waals surface area contributed by atoms with Crippen molar-refractivity contribution in [2.45, 2.75) is 30.2 Å². The summed E-state index contributed by atoms with van der Waals surface area (Å²) in [5, 5.41) is 16.8. The van der Waals surface area contributed by atoms with Crippen LogP contribution in [0.25, 0.3) is 0 Å². The highest BCUT2D eigenvalue weighted by Crippen LogP contribution is 2.14. The van der Waals surface area contributed by atoms with Crippen molar-refractivity contribution in [2.75, 3.05) is 0 Å². The molecule has 0 bridgehead atoms. The van der Waals surface area contributed by atoms with Crippen LogP contribution in [0.4, 0.5) is 0 Å². The van der Waals surface area contributed by atoms with E-state index in [-0.39, 0.29) is 23.4 Å². The van der Waals surface area contributed by atoms with Gasteiger partial charge in [0.1, 0.15) is 10.6 Å². The van der Waals surface area contributed by atoms with Crippen LogP contribution in [0, 0.1) is 0 Å². The Morgan fingerprint density at radius 2 is 1.92 bits per heavy atom. The Kier molecular flexibility index (Phi) is 6.17. The molecule has 0 aliphatic heterocycles. The second kappa shape index (κ2) is 8.15. The number of carboxylic acids is 1. The third kappa shape index (κ3) is 5.43. The number of carbonyl (C=O) groups is 2. The Morgan fingerprint density at radius 3 is 2.46 bits per heavy atom. The maximum atomic E-state index is 12.5. The molecule has 0 radical (unpaired) electrons. The van der Waals surface area contributed by atoms with Crippen LogP contribution in [0.3, 0.4) is 0 Å². The second-order valence-electron chi connectivity index (χ2n) is 6.01. The van der Waals surface area contributed by atoms with E-state index in [9.17, 15) is 18.0 Å². The van der Waals surface area contributed by atoms with Crippen molar-refractivity contribution in [3.8, 4) is 0 Å². The first-order valence-electron chi connectivity index (χ1n) is 7.92. The largest absolute Gasteiger partial charge is 0.481 e. The zero-order valence-electron chi connectivity index (χ0n) is 14.3. The summed E-state index contributed by atoms with van der Waals surface area (Å²) in [4.78, 5) is 23.3. The lowest BCUT2D eigenvalue weighted by Crippen LogP contribution is -2.37. The monoisotopic (exact) mass is 379 g/mol. The lowest BCUT2D eigenvalue weighted by Gasteiger charge is -2.18. The van der Waals surface area contributed by atoms with Crippen LogP contribution < -0.4 is 10.5 Å². The van der Waals surface area contributed by atoms with Crippen LogP contribution in [-0.4, -0.2) is 36.0 Å². The van der Waals surface area contributed by atoms with Crippen molar-refractivity contribution in [3.63, 3.8) is 0 Å². The first kappa shape index (κ1) is 19.7. The van der Waals surface area contributed by atoms with Crippen LogP contribution in [-0.2, 0) is 28.3 Å². The fourth-order valence-electron chi connectivity index (χ4n) is 2.60. The molecule has 1 unspecified atom stereocenters. The molecule has 0 aliphatic rings. The van der Waals surface area contributed by atoms with E-state index in [1.807, 2.05) is 30.3 Å². The highest BCUT2D eigenvalue weighted by atomic mass is 32.2. The maximum absolute atomic E-state index is 12.5. The molecule has 0 fully saturated rings. The Bertz CT molecular complexity index is 890. The smallest absolute Gasteiger partial charge is 0.303 e. The van der Waals surface area contributed by atoms with Crippen LogP contribution in [0.1, 0.15) is 28.9 Å².